The molecule has 2 nitrogen and oxygen atoms in total. The van der Waals surface area contributed by atoms with E-state index in [1.165, 1.54) is 5.56 Å². The van der Waals surface area contributed by atoms with Crippen LogP contribution >= 0.6 is 11.6 Å². The molecule has 1 aromatic carbocycles. The molecule has 1 aromatic rings. The van der Waals surface area contributed by atoms with E-state index in [0.717, 1.165) is 24.5 Å². The molecule has 0 aliphatic heterocycles. The molecule has 0 bridgehead atoms. The fourth-order valence-electron chi connectivity index (χ4n) is 1.66. The molecule has 0 aliphatic carbocycles. The molecule has 3 heteroatoms. The van der Waals surface area contributed by atoms with Crippen LogP contribution in [0.5, 0.6) is 0 Å². The summed E-state index contributed by atoms with van der Waals surface area (Å²) in [5, 5.41) is 9.64. The first-order valence-electron chi connectivity index (χ1n) is 5.73. The zero-order valence-corrected chi connectivity index (χ0v) is 10.7. The van der Waals surface area contributed by atoms with Crippen molar-refractivity contribution in [1.82, 2.24) is 4.90 Å². The first-order chi connectivity index (χ1) is 7.63. The van der Waals surface area contributed by atoms with E-state index in [-0.39, 0.29) is 6.61 Å². The highest BCUT2D eigenvalue weighted by Crippen LogP contribution is 2.14. The SMILES string of the molecule is CC(C)N(CCCO)Cc1cccc(Cl)c1. The molecule has 0 saturated carbocycles. The highest BCUT2D eigenvalue weighted by molar-refractivity contribution is 6.30. The Balaban J connectivity index is 2.60. The Morgan fingerprint density at radius 3 is 2.69 bits per heavy atom. The summed E-state index contributed by atoms with van der Waals surface area (Å²) in [7, 11) is 0. The van der Waals surface area contributed by atoms with Crippen LogP contribution in [-0.4, -0.2) is 29.2 Å². The van der Waals surface area contributed by atoms with Crippen LogP contribution < -0.4 is 0 Å². The van der Waals surface area contributed by atoms with Gasteiger partial charge in [0, 0.05) is 30.8 Å². The molecular weight excluding hydrogens is 222 g/mol. The number of benzene rings is 1. The zero-order valence-electron chi connectivity index (χ0n) is 9.99. The van der Waals surface area contributed by atoms with Crippen molar-refractivity contribution in [2.24, 2.45) is 0 Å². The summed E-state index contributed by atoms with van der Waals surface area (Å²) in [6.07, 6.45) is 0.818. The average molecular weight is 242 g/mol. The quantitative estimate of drug-likeness (QED) is 0.828. The lowest BCUT2D eigenvalue weighted by Gasteiger charge is -2.26. The molecule has 0 spiro atoms. The molecule has 0 radical (unpaired) electrons. The number of rotatable bonds is 6. The first kappa shape index (κ1) is 13.5. The lowest BCUT2D eigenvalue weighted by atomic mass is 10.2. The van der Waals surface area contributed by atoms with Gasteiger partial charge >= 0.3 is 0 Å². The summed E-state index contributed by atoms with van der Waals surface area (Å²) in [4.78, 5) is 2.34. The minimum atomic E-state index is 0.249. The Bertz CT molecular complexity index is 315. The predicted octanol–water partition coefficient (Wildman–Crippen LogP) is 2.93. The highest BCUT2D eigenvalue weighted by Gasteiger charge is 2.09. The topological polar surface area (TPSA) is 23.5 Å². The highest BCUT2D eigenvalue weighted by atomic mass is 35.5. The minimum Gasteiger partial charge on any atom is -0.396 e. The fourth-order valence-corrected chi connectivity index (χ4v) is 1.88. The second kappa shape index (κ2) is 6.89. The van der Waals surface area contributed by atoms with Gasteiger partial charge < -0.3 is 5.11 Å². The van der Waals surface area contributed by atoms with E-state index in [0.29, 0.717) is 6.04 Å². The Morgan fingerprint density at radius 1 is 1.38 bits per heavy atom. The number of hydrogen-bond acceptors (Lipinski definition) is 2. The van der Waals surface area contributed by atoms with Gasteiger partial charge in [-0.1, -0.05) is 23.7 Å². The smallest absolute Gasteiger partial charge is 0.0443 e. The lowest BCUT2D eigenvalue weighted by molar-refractivity contribution is 0.185. The van der Waals surface area contributed by atoms with Crippen molar-refractivity contribution in [2.75, 3.05) is 13.2 Å². The third-order valence-electron chi connectivity index (χ3n) is 2.61. The summed E-state index contributed by atoms with van der Waals surface area (Å²) in [5.74, 6) is 0. The van der Waals surface area contributed by atoms with Crippen LogP contribution in [0.25, 0.3) is 0 Å². The Kier molecular flexibility index (Phi) is 5.81. The molecule has 16 heavy (non-hydrogen) atoms. The Hall–Kier alpha value is -0.570. The standard InChI is InChI=1S/C13H20ClNO/c1-11(2)15(7-4-8-16)10-12-5-3-6-13(14)9-12/h3,5-6,9,11,16H,4,7-8,10H2,1-2H3. The molecule has 0 unspecified atom stereocenters. The van der Waals surface area contributed by atoms with E-state index in [4.69, 9.17) is 16.7 Å². The molecule has 0 atom stereocenters. The molecule has 0 fully saturated rings. The number of aliphatic hydroxyl groups is 1. The van der Waals surface area contributed by atoms with Gasteiger partial charge in [-0.2, -0.15) is 0 Å². The van der Waals surface area contributed by atoms with Crippen LogP contribution in [0, 0.1) is 0 Å². The van der Waals surface area contributed by atoms with Gasteiger partial charge in [0.1, 0.15) is 0 Å². The summed E-state index contributed by atoms with van der Waals surface area (Å²) in [6, 6.07) is 8.42. The van der Waals surface area contributed by atoms with Crippen LogP contribution in [0.1, 0.15) is 25.8 Å². The Morgan fingerprint density at radius 2 is 2.12 bits per heavy atom. The van der Waals surface area contributed by atoms with Gasteiger partial charge in [-0.25, -0.2) is 0 Å². The summed E-state index contributed by atoms with van der Waals surface area (Å²) in [5.41, 5.74) is 1.22. The van der Waals surface area contributed by atoms with Gasteiger partial charge in [-0.05, 0) is 38.0 Å². The fraction of sp³-hybridized carbons (Fsp3) is 0.538. The number of nitrogens with zero attached hydrogens (tertiary/aromatic N) is 1. The third-order valence-corrected chi connectivity index (χ3v) is 2.84. The van der Waals surface area contributed by atoms with E-state index in [2.05, 4.69) is 24.8 Å². The summed E-state index contributed by atoms with van der Waals surface area (Å²) < 4.78 is 0. The summed E-state index contributed by atoms with van der Waals surface area (Å²) >= 11 is 5.95. The van der Waals surface area contributed by atoms with E-state index in [1.54, 1.807) is 0 Å². The van der Waals surface area contributed by atoms with Crippen LogP contribution in [0.3, 0.4) is 0 Å². The molecule has 0 heterocycles. The molecule has 0 aliphatic rings. The molecule has 1 N–H and O–H groups in total. The molecule has 90 valence electrons. The van der Waals surface area contributed by atoms with E-state index in [9.17, 15) is 0 Å². The van der Waals surface area contributed by atoms with Gasteiger partial charge in [0.05, 0.1) is 0 Å². The van der Waals surface area contributed by atoms with Crippen LogP contribution in [-0.2, 0) is 6.54 Å². The van der Waals surface area contributed by atoms with Crippen molar-refractivity contribution in [2.45, 2.75) is 32.9 Å². The second-order valence-corrected chi connectivity index (χ2v) is 4.71. The molecule has 1 rings (SSSR count). The van der Waals surface area contributed by atoms with Crippen molar-refractivity contribution >= 4 is 11.6 Å². The lowest BCUT2D eigenvalue weighted by Crippen LogP contribution is -2.31. The maximum absolute atomic E-state index is 8.86. The molecule has 0 saturated heterocycles. The van der Waals surface area contributed by atoms with Gasteiger partial charge in [0.15, 0.2) is 0 Å². The van der Waals surface area contributed by atoms with Gasteiger partial charge in [-0.15, -0.1) is 0 Å². The third kappa shape index (κ3) is 4.52. The minimum absolute atomic E-state index is 0.249. The van der Waals surface area contributed by atoms with Crippen LogP contribution in [0.15, 0.2) is 24.3 Å². The maximum atomic E-state index is 8.86. The second-order valence-electron chi connectivity index (χ2n) is 4.27. The largest absolute Gasteiger partial charge is 0.396 e. The van der Waals surface area contributed by atoms with Crippen molar-refractivity contribution in [3.8, 4) is 0 Å². The van der Waals surface area contributed by atoms with Crippen molar-refractivity contribution in [1.29, 1.82) is 0 Å². The molecule has 0 amide bonds. The van der Waals surface area contributed by atoms with E-state index >= 15 is 0 Å². The number of hydrogen-bond donors (Lipinski definition) is 1. The summed E-state index contributed by atoms with van der Waals surface area (Å²) in [6.45, 7) is 6.39. The zero-order chi connectivity index (χ0) is 12.0. The first-order valence-corrected chi connectivity index (χ1v) is 6.10. The number of halogens is 1. The average Bonchev–Trinajstić information content (AvgIpc) is 2.24. The molecular formula is C13H20ClNO. The van der Waals surface area contributed by atoms with E-state index in [1.807, 2.05) is 18.2 Å². The van der Waals surface area contributed by atoms with Gasteiger partial charge in [-0.3, -0.25) is 4.90 Å². The van der Waals surface area contributed by atoms with Gasteiger partial charge in [0.25, 0.3) is 0 Å². The molecule has 0 aromatic heterocycles. The monoisotopic (exact) mass is 241 g/mol. The number of aliphatic hydroxyl groups excluding tert-OH is 1. The Labute approximate surface area is 103 Å². The van der Waals surface area contributed by atoms with Crippen LogP contribution in [0.4, 0.5) is 0 Å². The van der Waals surface area contributed by atoms with Crippen molar-refractivity contribution in [3.63, 3.8) is 0 Å². The van der Waals surface area contributed by atoms with E-state index < -0.39 is 0 Å². The predicted molar refractivity (Wildman–Crippen MR) is 68.7 cm³/mol. The normalized spacial score (nSPS) is 11.4. The van der Waals surface area contributed by atoms with Gasteiger partial charge in [0.2, 0.25) is 0 Å². The van der Waals surface area contributed by atoms with Crippen molar-refractivity contribution in [3.05, 3.63) is 34.9 Å². The van der Waals surface area contributed by atoms with Crippen LogP contribution in [0.2, 0.25) is 5.02 Å². The van der Waals surface area contributed by atoms with Crippen molar-refractivity contribution < 1.29 is 5.11 Å². The maximum Gasteiger partial charge on any atom is 0.0443 e.